The highest BCUT2D eigenvalue weighted by Gasteiger charge is 2.20. The van der Waals surface area contributed by atoms with E-state index in [1.807, 2.05) is 6.07 Å². The van der Waals surface area contributed by atoms with Crippen molar-refractivity contribution in [3.05, 3.63) is 30.0 Å². The molecule has 4 heteroatoms. The van der Waals surface area contributed by atoms with Gasteiger partial charge >= 0.3 is 5.97 Å². The standard InChI is InChI=1S/C11H10O4/c1-2-14-9-7-5-3-4-6-8(7)15-10(9)11(12)13/h3-6H,2H2,1H3,(H,12,13). The number of benzene rings is 1. The fourth-order valence-corrected chi connectivity index (χ4v) is 1.45. The fourth-order valence-electron chi connectivity index (χ4n) is 1.45. The Labute approximate surface area is 86.1 Å². The molecule has 0 amide bonds. The topological polar surface area (TPSA) is 59.7 Å². The summed E-state index contributed by atoms with van der Waals surface area (Å²) in [5.41, 5.74) is 0.526. The predicted molar refractivity (Wildman–Crippen MR) is 54.3 cm³/mol. The Bertz CT molecular complexity index is 498. The minimum absolute atomic E-state index is 0.141. The van der Waals surface area contributed by atoms with E-state index < -0.39 is 5.97 Å². The van der Waals surface area contributed by atoms with Crippen molar-refractivity contribution in [2.24, 2.45) is 0 Å². The Morgan fingerprint density at radius 3 is 2.87 bits per heavy atom. The van der Waals surface area contributed by atoms with Gasteiger partial charge in [-0.05, 0) is 19.1 Å². The van der Waals surface area contributed by atoms with Gasteiger partial charge in [-0.1, -0.05) is 12.1 Å². The lowest BCUT2D eigenvalue weighted by Gasteiger charge is -2.00. The molecule has 0 radical (unpaired) electrons. The summed E-state index contributed by atoms with van der Waals surface area (Å²) in [4.78, 5) is 10.9. The first-order valence-electron chi connectivity index (χ1n) is 4.61. The van der Waals surface area contributed by atoms with Gasteiger partial charge in [-0.25, -0.2) is 4.79 Å². The summed E-state index contributed by atoms with van der Waals surface area (Å²) < 4.78 is 10.5. The van der Waals surface area contributed by atoms with E-state index in [-0.39, 0.29) is 5.76 Å². The average molecular weight is 206 g/mol. The molecule has 0 aliphatic carbocycles. The smallest absolute Gasteiger partial charge is 0.375 e. The van der Waals surface area contributed by atoms with Crippen LogP contribution in [-0.4, -0.2) is 17.7 Å². The monoisotopic (exact) mass is 206 g/mol. The minimum atomic E-state index is -1.12. The summed E-state index contributed by atoms with van der Waals surface area (Å²) in [5.74, 6) is -0.951. The number of ether oxygens (including phenoxy) is 1. The molecule has 78 valence electrons. The second-order valence-corrected chi connectivity index (χ2v) is 2.99. The number of para-hydroxylation sites is 1. The highest BCUT2D eigenvalue weighted by atomic mass is 16.5. The number of carboxylic acids is 1. The number of hydrogen-bond acceptors (Lipinski definition) is 3. The number of furan rings is 1. The third-order valence-corrected chi connectivity index (χ3v) is 2.03. The van der Waals surface area contributed by atoms with Gasteiger partial charge in [0.25, 0.3) is 5.76 Å². The van der Waals surface area contributed by atoms with Gasteiger partial charge < -0.3 is 14.3 Å². The highest BCUT2D eigenvalue weighted by molar-refractivity contribution is 5.97. The number of rotatable bonds is 3. The van der Waals surface area contributed by atoms with Crippen molar-refractivity contribution in [1.29, 1.82) is 0 Å². The van der Waals surface area contributed by atoms with Crippen LogP contribution in [0, 0.1) is 0 Å². The van der Waals surface area contributed by atoms with Crippen LogP contribution in [-0.2, 0) is 0 Å². The van der Waals surface area contributed by atoms with Crippen molar-refractivity contribution < 1.29 is 19.1 Å². The molecule has 0 saturated carbocycles. The van der Waals surface area contributed by atoms with Gasteiger partial charge in [0.2, 0.25) is 0 Å². The van der Waals surface area contributed by atoms with E-state index in [4.69, 9.17) is 14.3 Å². The van der Waals surface area contributed by atoms with Crippen LogP contribution in [0.2, 0.25) is 0 Å². The second-order valence-electron chi connectivity index (χ2n) is 2.99. The number of carboxylic acid groups (broad SMARTS) is 1. The first-order chi connectivity index (χ1) is 7.24. The molecular weight excluding hydrogens is 196 g/mol. The summed E-state index contributed by atoms with van der Waals surface area (Å²) in [7, 11) is 0. The summed E-state index contributed by atoms with van der Waals surface area (Å²) in [6.07, 6.45) is 0. The van der Waals surface area contributed by atoms with E-state index in [9.17, 15) is 4.79 Å². The zero-order valence-electron chi connectivity index (χ0n) is 8.19. The molecule has 1 aromatic carbocycles. The van der Waals surface area contributed by atoms with E-state index in [0.717, 1.165) is 0 Å². The zero-order valence-corrected chi connectivity index (χ0v) is 8.19. The zero-order chi connectivity index (χ0) is 10.8. The van der Waals surface area contributed by atoms with E-state index in [1.54, 1.807) is 25.1 Å². The third-order valence-electron chi connectivity index (χ3n) is 2.03. The van der Waals surface area contributed by atoms with Gasteiger partial charge in [-0.15, -0.1) is 0 Å². The molecule has 0 saturated heterocycles. The third kappa shape index (κ3) is 1.54. The lowest BCUT2D eigenvalue weighted by molar-refractivity contribution is 0.0659. The van der Waals surface area contributed by atoms with E-state index in [1.165, 1.54) is 0 Å². The van der Waals surface area contributed by atoms with Crippen LogP contribution in [0.3, 0.4) is 0 Å². The molecular formula is C11H10O4. The predicted octanol–water partition coefficient (Wildman–Crippen LogP) is 2.53. The molecule has 1 N–H and O–H groups in total. The molecule has 0 spiro atoms. The summed E-state index contributed by atoms with van der Waals surface area (Å²) in [5, 5.41) is 9.61. The number of hydrogen-bond donors (Lipinski definition) is 1. The van der Waals surface area contributed by atoms with Crippen molar-refractivity contribution in [2.75, 3.05) is 6.61 Å². The van der Waals surface area contributed by atoms with Crippen molar-refractivity contribution in [2.45, 2.75) is 6.92 Å². The van der Waals surface area contributed by atoms with Crippen LogP contribution in [0.5, 0.6) is 5.75 Å². The molecule has 0 fully saturated rings. The maximum atomic E-state index is 10.9. The van der Waals surface area contributed by atoms with Crippen molar-refractivity contribution in [1.82, 2.24) is 0 Å². The maximum Gasteiger partial charge on any atom is 0.375 e. The lowest BCUT2D eigenvalue weighted by atomic mass is 10.2. The van der Waals surface area contributed by atoms with Crippen LogP contribution in [0.15, 0.2) is 28.7 Å². The summed E-state index contributed by atoms with van der Waals surface area (Å²) >= 11 is 0. The van der Waals surface area contributed by atoms with Crippen LogP contribution in [0.1, 0.15) is 17.5 Å². The Hall–Kier alpha value is -1.97. The average Bonchev–Trinajstić information content (AvgIpc) is 2.58. The Morgan fingerprint density at radius 1 is 1.47 bits per heavy atom. The quantitative estimate of drug-likeness (QED) is 0.838. The maximum absolute atomic E-state index is 10.9. The molecule has 0 aliphatic heterocycles. The molecule has 2 rings (SSSR count). The molecule has 0 aliphatic rings. The van der Waals surface area contributed by atoms with Gasteiger partial charge in [-0.2, -0.15) is 0 Å². The van der Waals surface area contributed by atoms with Crippen molar-refractivity contribution >= 4 is 16.9 Å². The largest absolute Gasteiger partial charge is 0.489 e. The number of aromatic carboxylic acids is 1. The number of fused-ring (bicyclic) bond motifs is 1. The van der Waals surface area contributed by atoms with Gasteiger partial charge in [-0.3, -0.25) is 0 Å². The Morgan fingerprint density at radius 2 is 2.20 bits per heavy atom. The first kappa shape index (κ1) is 9.58. The number of carbonyl (C=O) groups is 1. The Balaban J connectivity index is 2.68. The Kier molecular flexibility index (Phi) is 2.33. The van der Waals surface area contributed by atoms with Crippen LogP contribution >= 0.6 is 0 Å². The molecule has 15 heavy (non-hydrogen) atoms. The van der Waals surface area contributed by atoms with Gasteiger partial charge in [0.05, 0.1) is 12.0 Å². The molecule has 0 bridgehead atoms. The second kappa shape index (κ2) is 3.65. The van der Waals surface area contributed by atoms with Gasteiger partial charge in [0.1, 0.15) is 5.58 Å². The van der Waals surface area contributed by atoms with E-state index in [0.29, 0.717) is 23.3 Å². The molecule has 0 atom stereocenters. The molecule has 2 aromatic rings. The van der Waals surface area contributed by atoms with Gasteiger partial charge in [0, 0.05) is 0 Å². The SMILES string of the molecule is CCOc1c(C(=O)O)oc2ccccc12. The lowest BCUT2D eigenvalue weighted by Crippen LogP contribution is -1.99. The molecule has 0 unspecified atom stereocenters. The summed E-state index contributed by atoms with van der Waals surface area (Å²) in [6.45, 7) is 2.21. The summed E-state index contributed by atoms with van der Waals surface area (Å²) in [6, 6.07) is 7.08. The molecule has 4 nitrogen and oxygen atoms in total. The van der Waals surface area contributed by atoms with Crippen LogP contribution < -0.4 is 4.74 Å². The van der Waals surface area contributed by atoms with Gasteiger partial charge in [0.15, 0.2) is 5.75 Å². The van der Waals surface area contributed by atoms with Crippen LogP contribution in [0.4, 0.5) is 0 Å². The fraction of sp³-hybridized carbons (Fsp3) is 0.182. The normalized spacial score (nSPS) is 10.5. The van der Waals surface area contributed by atoms with Crippen LogP contribution in [0.25, 0.3) is 11.0 Å². The highest BCUT2D eigenvalue weighted by Crippen LogP contribution is 2.32. The first-order valence-corrected chi connectivity index (χ1v) is 4.61. The van der Waals surface area contributed by atoms with Crippen molar-refractivity contribution in [3.63, 3.8) is 0 Å². The molecule has 1 aromatic heterocycles. The van der Waals surface area contributed by atoms with E-state index in [2.05, 4.69) is 0 Å². The van der Waals surface area contributed by atoms with Crippen molar-refractivity contribution in [3.8, 4) is 5.75 Å². The molecule has 1 heterocycles. The van der Waals surface area contributed by atoms with E-state index >= 15 is 0 Å². The minimum Gasteiger partial charge on any atom is -0.489 e.